The van der Waals surface area contributed by atoms with E-state index in [2.05, 4.69) is 14.6 Å². The van der Waals surface area contributed by atoms with Gasteiger partial charge in [0.25, 0.3) is 0 Å². The molecule has 0 aliphatic carbocycles. The number of amides is 1. The molecule has 0 unspecified atom stereocenters. The number of hydrogen-bond acceptors (Lipinski definition) is 4. The molecule has 1 aromatic rings. The zero-order valence-electron chi connectivity index (χ0n) is 6.13. The molecule has 72 valence electrons. The summed E-state index contributed by atoms with van der Waals surface area (Å²) in [5.41, 5.74) is 4.69. The quantitative estimate of drug-likeness (QED) is 0.726. The fourth-order valence-electron chi connectivity index (χ4n) is 0.589. The van der Waals surface area contributed by atoms with Gasteiger partial charge in [-0.3, -0.25) is 4.79 Å². The van der Waals surface area contributed by atoms with Gasteiger partial charge in [0.15, 0.2) is 0 Å². The Kier molecular flexibility index (Phi) is 2.22. The lowest BCUT2D eigenvalue weighted by Crippen LogP contribution is -2.13. The third-order valence-corrected chi connectivity index (χ3v) is 1.03. The van der Waals surface area contributed by atoms with E-state index in [0.717, 1.165) is 0 Å². The van der Waals surface area contributed by atoms with Crippen molar-refractivity contribution in [3.8, 4) is 0 Å². The number of nitrogens with two attached hydrogens (primary N) is 1. The molecule has 0 spiro atoms. The summed E-state index contributed by atoms with van der Waals surface area (Å²) >= 11 is 0. The van der Waals surface area contributed by atoms with Gasteiger partial charge >= 0.3 is 12.1 Å². The molecular formula is C5H4F3N3O2. The van der Waals surface area contributed by atoms with E-state index < -0.39 is 30.3 Å². The zero-order valence-corrected chi connectivity index (χ0v) is 6.13. The monoisotopic (exact) mass is 195 g/mol. The fraction of sp³-hybridized carbons (Fsp3) is 0.400. The number of carbonyl (C=O) groups is 1. The second kappa shape index (κ2) is 3.04. The number of primary amides is 1. The van der Waals surface area contributed by atoms with Gasteiger partial charge in [-0.15, -0.1) is 10.2 Å². The van der Waals surface area contributed by atoms with Crippen LogP contribution in [0.3, 0.4) is 0 Å². The van der Waals surface area contributed by atoms with Crippen molar-refractivity contribution in [3.05, 3.63) is 11.8 Å². The lowest BCUT2D eigenvalue weighted by atomic mass is 10.4. The molecule has 0 fully saturated rings. The minimum Gasteiger partial charge on any atom is -0.417 e. The Morgan fingerprint density at radius 3 is 2.46 bits per heavy atom. The maximum Gasteiger partial charge on any atom is 0.470 e. The Bertz CT molecular complexity index is 319. The summed E-state index contributed by atoms with van der Waals surface area (Å²) in [5, 5.41) is 5.68. The van der Waals surface area contributed by atoms with E-state index in [0.29, 0.717) is 0 Å². The number of nitrogens with zero attached hydrogens (tertiary/aromatic N) is 2. The number of rotatable bonds is 2. The van der Waals surface area contributed by atoms with Gasteiger partial charge in [-0.1, -0.05) is 0 Å². The minimum absolute atomic E-state index is 0.445. The summed E-state index contributed by atoms with van der Waals surface area (Å²) in [4.78, 5) is 10.2. The van der Waals surface area contributed by atoms with Crippen molar-refractivity contribution >= 4 is 5.91 Å². The van der Waals surface area contributed by atoms with E-state index in [1.165, 1.54) is 0 Å². The van der Waals surface area contributed by atoms with Crippen molar-refractivity contribution in [2.75, 3.05) is 0 Å². The van der Waals surface area contributed by atoms with Crippen LogP contribution in [0.25, 0.3) is 0 Å². The highest BCUT2D eigenvalue weighted by molar-refractivity contribution is 5.75. The summed E-state index contributed by atoms with van der Waals surface area (Å²) in [6.07, 6.45) is -5.19. The third-order valence-electron chi connectivity index (χ3n) is 1.03. The topological polar surface area (TPSA) is 82.0 Å². The summed E-state index contributed by atoms with van der Waals surface area (Å²) < 4.78 is 39.6. The average Bonchev–Trinajstić information content (AvgIpc) is 2.32. The van der Waals surface area contributed by atoms with Crippen molar-refractivity contribution in [1.29, 1.82) is 0 Å². The molecule has 0 saturated carbocycles. The van der Waals surface area contributed by atoms with E-state index >= 15 is 0 Å². The lowest BCUT2D eigenvalue weighted by Gasteiger charge is -1.96. The summed E-state index contributed by atoms with van der Waals surface area (Å²) in [6, 6.07) is 0. The van der Waals surface area contributed by atoms with Crippen LogP contribution in [-0.4, -0.2) is 16.1 Å². The second-order valence-corrected chi connectivity index (χ2v) is 2.14. The Labute approximate surface area is 69.7 Å². The molecule has 13 heavy (non-hydrogen) atoms. The Balaban J connectivity index is 2.81. The molecule has 0 aliphatic rings. The maximum absolute atomic E-state index is 11.8. The van der Waals surface area contributed by atoms with Gasteiger partial charge in [-0.05, 0) is 0 Å². The predicted octanol–water partition coefficient (Wildman–Crippen LogP) is 0.116. The Hall–Kier alpha value is -1.60. The molecule has 0 aliphatic heterocycles. The molecule has 1 heterocycles. The van der Waals surface area contributed by atoms with Crippen LogP contribution in [0.4, 0.5) is 13.2 Å². The molecule has 0 atom stereocenters. The van der Waals surface area contributed by atoms with Crippen molar-refractivity contribution in [1.82, 2.24) is 10.2 Å². The Morgan fingerprint density at radius 1 is 1.46 bits per heavy atom. The average molecular weight is 195 g/mol. The summed E-state index contributed by atoms with van der Waals surface area (Å²) in [6.45, 7) is 0. The number of halogens is 3. The first-order valence-corrected chi connectivity index (χ1v) is 3.07. The number of alkyl halides is 3. The SMILES string of the molecule is NC(=O)Cc1nnc(C(F)(F)F)o1. The number of carbonyl (C=O) groups excluding carboxylic acids is 1. The maximum atomic E-state index is 11.8. The first-order chi connectivity index (χ1) is 5.89. The van der Waals surface area contributed by atoms with Crippen molar-refractivity contribution in [2.24, 2.45) is 5.73 Å². The molecule has 0 bridgehead atoms. The van der Waals surface area contributed by atoms with Crippen molar-refractivity contribution in [2.45, 2.75) is 12.6 Å². The van der Waals surface area contributed by atoms with E-state index in [4.69, 9.17) is 5.73 Å². The molecule has 0 radical (unpaired) electrons. The van der Waals surface area contributed by atoms with Gasteiger partial charge in [-0.25, -0.2) is 0 Å². The molecule has 8 heteroatoms. The third kappa shape index (κ3) is 2.42. The molecule has 1 rings (SSSR count). The molecule has 5 nitrogen and oxygen atoms in total. The van der Waals surface area contributed by atoms with Crippen molar-refractivity contribution < 1.29 is 22.4 Å². The first kappa shape index (κ1) is 9.49. The van der Waals surface area contributed by atoms with Gasteiger partial charge in [0.1, 0.15) is 6.42 Å². The smallest absolute Gasteiger partial charge is 0.417 e. The fourth-order valence-corrected chi connectivity index (χ4v) is 0.589. The molecular weight excluding hydrogens is 191 g/mol. The molecule has 0 aromatic carbocycles. The second-order valence-electron chi connectivity index (χ2n) is 2.14. The molecule has 1 amide bonds. The van der Waals surface area contributed by atoms with E-state index in [1.54, 1.807) is 0 Å². The van der Waals surface area contributed by atoms with Crippen LogP contribution in [0.5, 0.6) is 0 Å². The van der Waals surface area contributed by atoms with Gasteiger partial charge < -0.3 is 10.2 Å². The predicted molar refractivity (Wildman–Crippen MR) is 32.2 cm³/mol. The lowest BCUT2D eigenvalue weighted by molar-refractivity contribution is -0.157. The number of hydrogen-bond donors (Lipinski definition) is 1. The van der Waals surface area contributed by atoms with Crippen LogP contribution in [0.1, 0.15) is 11.8 Å². The Morgan fingerprint density at radius 2 is 2.08 bits per heavy atom. The number of aromatic nitrogens is 2. The van der Waals surface area contributed by atoms with Crippen LogP contribution in [0, 0.1) is 0 Å². The highest BCUT2D eigenvalue weighted by Gasteiger charge is 2.38. The van der Waals surface area contributed by atoms with Gasteiger partial charge in [0.05, 0.1) is 0 Å². The standard InChI is InChI=1S/C5H4F3N3O2/c6-5(7,8)4-11-10-3(13-4)1-2(9)12/h1H2,(H2,9,12). The minimum atomic E-state index is -4.69. The highest BCUT2D eigenvalue weighted by atomic mass is 19.4. The van der Waals surface area contributed by atoms with Gasteiger partial charge in [0.2, 0.25) is 11.8 Å². The summed E-state index contributed by atoms with van der Waals surface area (Å²) in [7, 11) is 0. The van der Waals surface area contributed by atoms with Crippen LogP contribution in [0.2, 0.25) is 0 Å². The van der Waals surface area contributed by atoms with E-state index in [9.17, 15) is 18.0 Å². The van der Waals surface area contributed by atoms with E-state index in [1.807, 2.05) is 0 Å². The zero-order chi connectivity index (χ0) is 10.1. The molecule has 2 N–H and O–H groups in total. The van der Waals surface area contributed by atoms with Crippen LogP contribution in [-0.2, 0) is 17.4 Å². The summed E-state index contributed by atoms with van der Waals surface area (Å²) in [5.74, 6) is -2.76. The van der Waals surface area contributed by atoms with Crippen LogP contribution in [0.15, 0.2) is 4.42 Å². The van der Waals surface area contributed by atoms with Crippen LogP contribution < -0.4 is 5.73 Å². The first-order valence-electron chi connectivity index (χ1n) is 3.07. The highest BCUT2D eigenvalue weighted by Crippen LogP contribution is 2.27. The largest absolute Gasteiger partial charge is 0.470 e. The molecule has 1 aromatic heterocycles. The van der Waals surface area contributed by atoms with Gasteiger partial charge in [-0.2, -0.15) is 13.2 Å². The normalized spacial score (nSPS) is 11.6. The van der Waals surface area contributed by atoms with Crippen molar-refractivity contribution in [3.63, 3.8) is 0 Å². The van der Waals surface area contributed by atoms with Crippen LogP contribution >= 0.6 is 0 Å². The van der Waals surface area contributed by atoms with E-state index in [-0.39, 0.29) is 0 Å². The molecule has 0 saturated heterocycles. The van der Waals surface area contributed by atoms with Gasteiger partial charge in [0, 0.05) is 0 Å².